The molecule has 0 aromatic rings. The van der Waals surface area contributed by atoms with E-state index in [4.69, 9.17) is 4.74 Å². The van der Waals surface area contributed by atoms with E-state index < -0.39 is 11.7 Å². The zero-order valence-electron chi connectivity index (χ0n) is 17.5. The summed E-state index contributed by atoms with van der Waals surface area (Å²) >= 11 is 0. The molecule has 0 aromatic heterocycles. The first kappa shape index (κ1) is 22.4. The normalized spacial score (nSPS) is 35.4. The molecule has 27 heavy (non-hydrogen) atoms. The van der Waals surface area contributed by atoms with Crippen molar-refractivity contribution in [1.82, 2.24) is 0 Å². The zero-order valence-corrected chi connectivity index (χ0v) is 17.5. The molecule has 0 amide bonds. The molecule has 0 saturated heterocycles. The molecule has 2 rings (SSSR count). The summed E-state index contributed by atoms with van der Waals surface area (Å²) in [5, 5.41) is 30.6. The number of carbonyl (C=O) groups is 1. The highest BCUT2D eigenvalue weighted by molar-refractivity contribution is 5.66. The summed E-state index contributed by atoms with van der Waals surface area (Å²) in [6, 6.07) is 0. The van der Waals surface area contributed by atoms with Crippen molar-refractivity contribution in [2.75, 3.05) is 13.2 Å². The first-order valence-electron chi connectivity index (χ1n) is 10.3. The number of carbonyl (C=O) groups excluding carboxylic acids is 1. The Kier molecular flexibility index (Phi) is 6.81. The first-order chi connectivity index (χ1) is 12.5. The second-order valence-electron chi connectivity index (χ2n) is 9.71. The summed E-state index contributed by atoms with van der Waals surface area (Å²) in [5.41, 5.74) is -0.378. The minimum atomic E-state index is -1.12. The van der Waals surface area contributed by atoms with Crippen molar-refractivity contribution in [3.05, 3.63) is 12.2 Å². The number of hydrogen-bond donors (Lipinski definition) is 3. The van der Waals surface area contributed by atoms with Gasteiger partial charge in [-0.3, -0.25) is 4.79 Å². The molecule has 2 aliphatic carbocycles. The maximum atomic E-state index is 11.6. The lowest BCUT2D eigenvalue weighted by Crippen LogP contribution is -2.55. The van der Waals surface area contributed by atoms with Crippen LogP contribution in [-0.2, 0) is 9.53 Å². The zero-order chi connectivity index (χ0) is 20.5. The molecule has 0 heterocycles. The molecule has 0 aromatic carbocycles. The Morgan fingerprint density at radius 3 is 2.63 bits per heavy atom. The monoisotopic (exact) mass is 382 g/mol. The molecular formula is C22H38O5. The van der Waals surface area contributed by atoms with Crippen LogP contribution in [0.3, 0.4) is 0 Å². The Balaban J connectivity index is 2.30. The molecule has 3 N–H and O–H groups in total. The van der Waals surface area contributed by atoms with Crippen LogP contribution in [0.2, 0.25) is 0 Å². The van der Waals surface area contributed by atoms with Gasteiger partial charge in [0.05, 0.1) is 24.9 Å². The van der Waals surface area contributed by atoms with E-state index in [1.807, 2.05) is 0 Å². The third-order valence-corrected chi connectivity index (χ3v) is 7.40. The topological polar surface area (TPSA) is 87.0 Å². The van der Waals surface area contributed by atoms with Gasteiger partial charge in [-0.25, -0.2) is 0 Å². The molecule has 0 unspecified atom stereocenters. The summed E-state index contributed by atoms with van der Waals surface area (Å²) < 4.78 is 5.51. The molecule has 5 heteroatoms. The van der Waals surface area contributed by atoms with Gasteiger partial charge in [-0.15, -0.1) is 0 Å². The van der Waals surface area contributed by atoms with Crippen molar-refractivity contribution < 1.29 is 24.9 Å². The lowest BCUT2D eigenvalue weighted by Gasteiger charge is -2.59. The third-order valence-electron chi connectivity index (χ3n) is 7.40. The van der Waals surface area contributed by atoms with Crippen molar-refractivity contribution in [3.63, 3.8) is 0 Å². The van der Waals surface area contributed by atoms with Gasteiger partial charge in [-0.05, 0) is 63.7 Å². The van der Waals surface area contributed by atoms with Gasteiger partial charge in [0, 0.05) is 18.3 Å². The molecule has 5 nitrogen and oxygen atoms in total. The molecule has 2 aliphatic rings. The second-order valence-corrected chi connectivity index (χ2v) is 9.71. The first-order valence-corrected chi connectivity index (χ1v) is 10.3. The average Bonchev–Trinajstić information content (AvgIpc) is 2.57. The lowest BCUT2D eigenvalue weighted by molar-refractivity contribution is -0.162. The van der Waals surface area contributed by atoms with E-state index in [-0.39, 0.29) is 35.2 Å². The summed E-state index contributed by atoms with van der Waals surface area (Å²) in [7, 11) is 0. The molecule has 2 fully saturated rings. The van der Waals surface area contributed by atoms with Gasteiger partial charge in [0.1, 0.15) is 0 Å². The van der Waals surface area contributed by atoms with E-state index in [9.17, 15) is 20.1 Å². The minimum Gasteiger partial charge on any atom is -0.465 e. The van der Waals surface area contributed by atoms with Gasteiger partial charge >= 0.3 is 5.97 Å². The predicted molar refractivity (Wildman–Crippen MR) is 105 cm³/mol. The molecule has 156 valence electrons. The fourth-order valence-electron chi connectivity index (χ4n) is 5.77. The van der Waals surface area contributed by atoms with E-state index in [1.54, 1.807) is 13.8 Å². The molecule has 2 saturated carbocycles. The number of ether oxygens (including phenoxy) is 1. The lowest BCUT2D eigenvalue weighted by atomic mass is 9.46. The van der Waals surface area contributed by atoms with E-state index in [2.05, 4.69) is 13.5 Å². The highest BCUT2D eigenvalue weighted by Gasteiger charge is 2.57. The highest BCUT2D eigenvalue weighted by atomic mass is 16.5. The largest absolute Gasteiger partial charge is 0.465 e. The van der Waals surface area contributed by atoms with Crippen LogP contribution in [0.25, 0.3) is 0 Å². The Labute approximate surface area is 163 Å². The molecule has 0 radical (unpaired) electrons. The number of aliphatic hydroxyl groups excluding tert-OH is 2. The van der Waals surface area contributed by atoms with Crippen LogP contribution in [0.1, 0.15) is 72.6 Å². The summed E-state index contributed by atoms with van der Waals surface area (Å²) in [4.78, 5) is 11.6. The smallest absolute Gasteiger partial charge is 0.302 e. The quantitative estimate of drug-likeness (QED) is 0.465. The van der Waals surface area contributed by atoms with Gasteiger partial charge in [0.2, 0.25) is 0 Å². The molecule has 0 bridgehead atoms. The van der Waals surface area contributed by atoms with E-state index in [0.717, 1.165) is 44.1 Å². The molecule has 0 spiro atoms. The fourth-order valence-corrected chi connectivity index (χ4v) is 5.77. The molecule has 0 aliphatic heterocycles. The fraction of sp³-hybridized carbons (Fsp3) is 0.864. The minimum absolute atomic E-state index is 0.0268. The van der Waals surface area contributed by atoms with E-state index in [1.165, 1.54) is 6.92 Å². The van der Waals surface area contributed by atoms with Crippen LogP contribution in [0, 0.1) is 22.7 Å². The Morgan fingerprint density at radius 1 is 1.41 bits per heavy atom. The van der Waals surface area contributed by atoms with Gasteiger partial charge in [-0.2, -0.15) is 0 Å². The van der Waals surface area contributed by atoms with Crippen LogP contribution >= 0.6 is 0 Å². The van der Waals surface area contributed by atoms with Crippen LogP contribution in [0.5, 0.6) is 0 Å². The van der Waals surface area contributed by atoms with E-state index >= 15 is 0 Å². The van der Waals surface area contributed by atoms with Gasteiger partial charge in [0.25, 0.3) is 0 Å². The molecule has 5 atom stereocenters. The van der Waals surface area contributed by atoms with Crippen LogP contribution in [0.15, 0.2) is 12.2 Å². The number of aliphatic hydroxyl groups is 3. The van der Waals surface area contributed by atoms with Crippen molar-refractivity contribution in [2.24, 2.45) is 22.7 Å². The van der Waals surface area contributed by atoms with Crippen molar-refractivity contribution in [2.45, 2.75) is 84.3 Å². The van der Waals surface area contributed by atoms with Crippen molar-refractivity contribution >= 4 is 5.97 Å². The number of fused-ring (bicyclic) bond motifs is 1. The van der Waals surface area contributed by atoms with Gasteiger partial charge in [-0.1, -0.05) is 25.5 Å². The van der Waals surface area contributed by atoms with Crippen molar-refractivity contribution in [3.8, 4) is 0 Å². The second kappa shape index (κ2) is 8.22. The SMILES string of the molecule is C=C1CC[C@H]2[C@](C)(CC[C@H](O)C(C)(C)O)CCC[C@]2(COC(C)=O)[C@H]1CO. The predicted octanol–water partition coefficient (Wildman–Crippen LogP) is 3.21. The Hall–Kier alpha value is -0.910. The van der Waals surface area contributed by atoms with Crippen LogP contribution in [0.4, 0.5) is 0 Å². The highest BCUT2D eigenvalue weighted by Crippen LogP contribution is 2.62. The van der Waals surface area contributed by atoms with Crippen LogP contribution < -0.4 is 0 Å². The maximum Gasteiger partial charge on any atom is 0.302 e. The Morgan fingerprint density at radius 2 is 2.07 bits per heavy atom. The standard InChI is InChI=1S/C22H38O5/c1-15-7-8-18-21(5,12-9-19(25)20(3,4)26)10-6-11-22(18,17(15)13-23)14-27-16(2)24/h17-19,23,25-26H,1,6-14H2,2-5H3/t17-,18-,19-,21-,22-/m0/s1. The van der Waals surface area contributed by atoms with Gasteiger partial charge < -0.3 is 20.1 Å². The van der Waals surface area contributed by atoms with E-state index in [0.29, 0.717) is 13.0 Å². The maximum absolute atomic E-state index is 11.6. The average molecular weight is 383 g/mol. The van der Waals surface area contributed by atoms with Crippen LogP contribution in [-0.4, -0.2) is 46.2 Å². The summed E-state index contributed by atoms with van der Waals surface area (Å²) in [6.07, 6.45) is 5.36. The summed E-state index contributed by atoms with van der Waals surface area (Å²) in [6.45, 7) is 11.5. The number of rotatable bonds is 7. The third kappa shape index (κ3) is 4.57. The molecular weight excluding hydrogens is 344 g/mol. The van der Waals surface area contributed by atoms with Gasteiger partial charge in [0.15, 0.2) is 0 Å². The van der Waals surface area contributed by atoms with Crippen molar-refractivity contribution in [1.29, 1.82) is 0 Å². The number of esters is 1. The Bertz CT molecular complexity index is 551. The number of hydrogen-bond acceptors (Lipinski definition) is 5. The summed E-state index contributed by atoms with van der Waals surface area (Å²) in [5.74, 6) is -0.0649.